The number of nitrogens with one attached hydrogen (secondary N) is 1. The Kier molecular flexibility index (Phi) is 5.74. The molecule has 0 aliphatic heterocycles. The molecule has 0 amide bonds. The number of hydrogen-bond acceptors (Lipinski definition) is 3. The van der Waals surface area contributed by atoms with E-state index in [1.807, 2.05) is 6.07 Å². The summed E-state index contributed by atoms with van der Waals surface area (Å²) in [5.74, 6) is 0.583. The number of hydrogen-bond donors (Lipinski definition) is 2. The van der Waals surface area contributed by atoms with Crippen LogP contribution in [0.1, 0.15) is 12.8 Å². The van der Waals surface area contributed by atoms with Gasteiger partial charge in [0.1, 0.15) is 10.8 Å². The fourth-order valence-electron chi connectivity index (χ4n) is 1.32. The number of benzene rings is 1. The van der Waals surface area contributed by atoms with Crippen molar-refractivity contribution in [3.8, 4) is 5.75 Å². The molecule has 0 atom stereocenters. The van der Waals surface area contributed by atoms with Gasteiger partial charge in [0.05, 0.1) is 17.8 Å². The van der Waals surface area contributed by atoms with Crippen LogP contribution in [0.2, 0.25) is 10.0 Å². The molecule has 0 aliphatic carbocycles. The van der Waals surface area contributed by atoms with Gasteiger partial charge in [0, 0.05) is 6.54 Å². The zero-order chi connectivity index (χ0) is 12.0. The molecule has 0 saturated carbocycles. The summed E-state index contributed by atoms with van der Waals surface area (Å²) in [6.07, 6.45) is 2.00. The van der Waals surface area contributed by atoms with Crippen LogP contribution in [0.15, 0.2) is 12.1 Å². The van der Waals surface area contributed by atoms with Gasteiger partial charge >= 0.3 is 0 Å². The van der Waals surface area contributed by atoms with Crippen molar-refractivity contribution in [2.75, 3.05) is 25.5 Å². The van der Waals surface area contributed by atoms with Crippen molar-refractivity contribution in [2.24, 2.45) is 5.73 Å². The van der Waals surface area contributed by atoms with E-state index in [9.17, 15) is 0 Å². The number of rotatable bonds is 6. The highest BCUT2D eigenvalue weighted by molar-refractivity contribution is 6.44. The topological polar surface area (TPSA) is 47.3 Å². The summed E-state index contributed by atoms with van der Waals surface area (Å²) < 4.78 is 5.06. The molecule has 0 fully saturated rings. The van der Waals surface area contributed by atoms with Gasteiger partial charge in [-0.15, -0.1) is 0 Å². The van der Waals surface area contributed by atoms with Gasteiger partial charge in [0.15, 0.2) is 0 Å². The number of unbranched alkanes of at least 4 members (excludes halogenated alkanes) is 1. The molecule has 1 rings (SSSR count). The molecular formula is C11H16Cl2N2O. The van der Waals surface area contributed by atoms with Crippen molar-refractivity contribution in [3.63, 3.8) is 0 Å². The third-order valence-corrected chi connectivity index (χ3v) is 3.08. The molecule has 0 unspecified atom stereocenters. The van der Waals surface area contributed by atoms with E-state index in [0.717, 1.165) is 25.1 Å². The molecule has 0 aliphatic rings. The Morgan fingerprint density at radius 1 is 1.25 bits per heavy atom. The summed E-state index contributed by atoms with van der Waals surface area (Å²) in [7, 11) is 1.56. The van der Waals surface area contributed by atoms with E-state index >= 15 is 0 Å². The lowest BCUT2D eigenvalue weighted by Crippen LogP contribution is -2.06. The third kappa shape index (κ3) is 3.44. The molecular weight excluding hydrogens is 247 g/mol. The van der Waals surface area contributed by atoms with Crippen molar-refractivity contribution >= 4 is 28.9 Å². The van der Waals surface area contributed by atoms with Crippen molar-refractivity contribution in [2.45, 2.75) is 12.8 Å². The van der Waals surface area contributed by atoms with E-state index in [0.29, 0.717) is 22.3 Å². The number of methoxy groups -OCH3 is 1. The number of halogens is 2. The van der Waals surface area contributed by atoms with Crippen LogP contribution in [-0.4, -0.2) is 20.2 Å². The average Bonchev–Trinajstić information content (AvgIpc) is 2.30. The Morgan fingerprint density at radius 3 is 2.62 bits per heavy atom. The smallest absolute Gasteiger partial charge is 0.139 e. The second kappa shape index (κ2) is 6.84. The predicted octanol–water partition coefficient (Wildman–Crippen LogP) is 3.15. The molecule has 0 bridgehead atoms. The Labute approximate surface area is 106 Å². The molecule has 3 N–H and O–H groups in total. The van der Waals surface area contributed by atoms with Crippen LogP contribution < -0.4 is 15.8 Å². The van der Waals surface area contributed by atoms with Gasteiger partial charge in [0.25, 0.3) is 0 Å². The maximum atomic E-state index is 6.09. The van der Waals surface area contributed by atoms with Crippen molar-refractivity contribution in [1.29, 1.82) is 0 Å². The molecule has 0 radical (unpaired) electrons. The summed E-state index contributed by atoms with van der Waals surface area (Å²) in [6, 6.07) is 3.65. The monoisotopic (exact) mass is 262 g/mol. The molecule has 0 saturated heterocycles. The predicted molar refractivity (Wildman–Crippen MR) is 69.8 cm³/mol. The molecule has 3 nitrogen and oxygen atoms in total. The lowest BCUT2D eigenvalue weighted by molar-refractivity contribution is 0.415. The fraction of sp³-hybridized carbons (Fsp3) is 0.455. The maximum absolute atomic E-state index is 6.09. The molecule has 1 aromatic carbocycles. The van der Waals surface area contributed by atoms with E-state index < -0.39 is 0 Å². The van der Waals surface area contributed by atoms with Gasteiger partial charge in [0.2, 0.25) is 0 Å². The number of nitrogens with two attached hydrogens (primary N) is 1. The Bertz CT molecular complexity index is 345. The van der Waals surface area contributed by atoms with E-state index in [4.69, 9.17) is 33.7 Å². The first-order chi connectivity index (χ1) is 7.70. The molecule has 0 heterocycles. The van der Waals surface area contributed by atoms with Gasteiger partial charge < -0.3 is 15.8 Å². The van der Waals surface area contributed by atoms with Crippen LogP contribution in [0.3, 0.4) is 0 Å². The van der Waals surface area contributed by atoms with Crippen LogP contribution in [0, 0.1) is 0 Å². The van der Waals surface area contributed by atoms with Crippen LogP contribution in [0.4, 0.5) is 5.69 Å². The highest BCUT2D eigenvalue weighted by Crippen LogP contribution is 2.37. The van der Waals surface area contributed by atoms with Gasteiger partial charge in [-0.05, 0) is 31.5 Å². The van der Waals surface area contributed by atoms with E-state index in [-0.39, 0.29) is 0 Å². The van der Waals surface area contributed by atoms with Gasteiger partial charge in [-0.3, -0.25) is 0 Å². The summed E-state index contributed by atoms with van der Waals surface area (Å²) >= 11 is 12.1. The van der Waals surface area contributed by atoms with Gasteiger partial charge in [-0.1, -0.05) is 23.2 Å². The largest absolute Gasteiger partial charge is 0.495 e. The first-order valence-corrected chi connectivity index (χ1v) is 5.92. The zero-order valence-corrected chi connectivity index (χ0v) is 10.7. The highest BCUT2D eigenvalue weighted by atomic mass is 35.5. The first kappa shape index (κ1) is 13.4. The van der Waals surface area contributed by atoms with Gasteiger partial charge in [-0.25, -0.2) is 0 Å². The van der Waals surface area contributed by atoms with Crippen molar-refractivity contribution in [1.82, 2.24) is 0 Å². The highest BCUT2D eigenvalue weighted by Gasteiger charge is 2.09. The maximum Gasteiger partial charge on any atom is 0.139 e. The number of anilines is 1. The Morgan fingerprint density at radius 2 is 2.00 bits per heavy atom. The SMILES string of the molecule is COc1ccc(NCCCCN)c(Cl)c1Cl. The standard InChI is InChI=1S/C11H16Cl2N2O/c1-16-9-5-4-8(10(12)11(9)13)15-7-3-2-6-14/h4-5,15H,2-3,6-7,14H2,1H3. The molecule has 0 spiro atoms. The quantitative estimate of drug-likeness (QED) is 0.775. The summed E-state index contributed by atoms with van der Waals surface area (Å²) in [6.45, 7) is 1.54. The van der Waals surface area contributed by atoms with Crippen LogP contribution in [-0.2, 0) is 0 Å². The second-order valence-corrected chi connectivity index (χ2v) is 4.12. The second-order valence-electron chi connectivity index (χ2n) is 3.37. The molecule has 1 aromatic rings. The molecule has 16 heavy (non-hydrogen) atoms. The molecule has 90 valence electrons. The van der Waals surface area contributed by atoms with Crippen LogP contribution in [0.5, 0.6) is 5.75 Å². The van der Waals surface area contributed by atoms with Gasteiger partial charge in [-0.2, -0.15) is 0 Å². The minimum absolute atomic E-state index is 0.438. The van der Waals surface area contributed by atoms with E-state index in [1.54, 1.807) is 13.2 Å². The normalized spacial score (nSPS) is 10.2. The van der Waals surface area contributed by atoms with E-state index in [1.165, 1.54) is 0 Å². The summed E-state index contributed by atoms with van der Waals surface area (Å²) in [4.78, 5) is 0. The zero-order valence-electron chi connectivity index (χ0n) is 9.22. The molecule has 5 heteroatoms. The minimum Gasteiger partial charge on any atom is -0.495 e. The summed E-state index contributed by atoms with van der Waals surface area (Å²) in [5.41, 5.74) is 6.23. The molecule has 0 aromatic heterocycles. The Balaban J connectivity index is 2.64. The fourth-order valence-corrected chi connectivity index (χ4v) is 1.78. The van der Waals surface area contributed by atoms with Crippen LogP contribution >= 0.6 is 23.2 Å². The average molecular weight is 263 g/mol. The first-order valence-electron chi connectivity index (χ1n) is 5.16. The lowest BCUT2D eigenvalue weighted by Gasteiger charge is -2.11. The Hall–Kier alpha value is -0.640. The van der Waals surface area contributed by atoms with Crippen molar-refractivity contribution < 1.29 is 4.74 Å². The van der Waals surface area contributed by atoms with Crippen molar-refractivity contribution in [3.05, 3.63) is 22.2 Å². The van der Waals surface area contributed by atoms with Crippen LogP contribution in [0.25, 0.3) is 0 Å². The number of ether oxygens (including phenoxy) is 1. The summed E-state index contributed by atoms with van der Waals surface area (Å²) in [5, 5.41) is 4.14. The minimum atomic E-state index is 0.438. The lowest BCUT2D eigenvalue weighted by atomic mass is 10.2. The van der Waals surface area contributed by atoms with E-state index in [2.05, 4.69) is 5.32 Å². The third-order valence-electron chi connectivity index (χ3n) is 2.21.